The van der Waals surface area contributed by atoms with Crippen LogP contribution in [0.4, 0.5) is 4.39 Å². The zero-order valence-corrected chi connectivity index (χ0v) is 15.9. The van der Waals surface area contributed by atoms with Gasteiger partial charge in [-0.25, -0.2) is 4.39 Å². The van der Waals surface area contributed by atoms with E-state index in [0.29, 0.717) is 12.1 Å². The summed E-state index contributed by atoms with van der Waals surface area (Å²) < 4.78 is 13.3. The minimum absolute atomic E-state index is 0.158. The normalized spacial score (nSPS) is 16.9. The van der Waals surface area contributed by atoms with Gasteiger partial charge in [-0.15, -0.1) is 0 Å². The molecule has 2 N–H and O–H groups in total. The zero-order valence-electron chi connectivity index (χ0n) is 15.9. The molecule has 0 saturated carbocycles. The van der Waals surface area contributed by atoms with Crippen molar-refractivity contribution < 1.29 is 4.39 Å². The molecule has 1 aromatic carbocycles. The third kappa shape index (κ3) is 7.02. The summed E-state index contributed by atoms with van der Waals surface area (Å²) in [4.78, 5) is 6.84. The topological polar surface area (TPSA) is 39.7 Å². The number of likely N-dealkylation sites (tertiary alicyclic amines) is 1. The van der Waals surface area contributed by atoms with E-state index in [1.165, 1.54) is 45.0 Å². The fourth-order valence-corrected chi connectivity index (χ4v) is 3.18. The Balaban J connectivity index is 1.59. The molecule has 1 saturated heterocycles. The number of benzene rings is 1. The van der Waals surface area contributed by atoms with Gasteiger partial charge in [-0.05, 0) is 75.4 Å². The number of guanidine groups is 1. The van der Waals surface area contributed by atoms with Crippen molar-refractivity contribution in [3.63, 3.8) is 0 Å². The molecule has 0 radical (unpaired) electrons. The molecule has 5 heteroatoms. The number of aliphatic imine (C=N–C) groups is 1. The number of hydrogen-bond acceptors (Lipinski definition) is 2. The van der Waals surface area contributed by atoms with E-state index in [-0.39, 0.29) is 5.82 Å². The molecule has 0 spiro atoms. The number of hydrogen-bond donors (Lipinski definition) is 2. The fourth-order valence-electron chi connectivity index (χ4n) is 3.18. The Hall–Kier alpha value is -1.62. The number of unbranched alkanes of at least 4 members (excludes halogenated alkanes) is 1. The van der Waals surface area contributed by atoms with Crippen LogP contribution in [0.2, 0.25) is 0 Å². The maximum Gasteiger partial charge on any atom is 0.191 e. The van der Waals surface area contributed by atoms with Crippen molar-refractivity contribution in [3.8, 4) is 0 Å². The van der Waals surface area contributed by atoms with Gasteiger partial charge in [0.25, 0.3) is 0 Å². The molecule has 4 nitrogen and oxygen atoms in total. The molecule has 1 fully saturated rings. The van der Waals surface area contributed by atoms with E-state index in [9.17, 15) is 4.39 Å². The first-order chi connectivity index (χ1) is 12.1. The van der Waals surface area contributed by atoms with E-state index in [1.54, 1.807) is 14.0 Å². The fraction of sp³-hybridized carbons (Fsp3) is 0.650. The first-order valence-corrected chi connectivity index (χ1v) is 9.50. The van der Waals surface area contributed by atoms with Gasteiger partial charge in [-0.1, -0.05) is 19.1 Å². The molecule has 0 atom stereocenters. The van der Waals surface area contributed by atoms with E-state index < -0.39 is 0 Å². The summed E-state index contributed by atoms with van der Waals surface area (Å²) >= 11 is 0. The minimum Gasteiger partial charge on any atom is -0.356 e. The average Bonchev–Trinajstić information content (AvgIpc) is 2.62. The van der Waals surface area contributed by atoms with Crippen molar-refractivity contribution in [1.82, 2.24) is 15.5 Å². The molecule has 25 heavy (non-hydrogen) atoms. The lowest BCUT2D eigenvalue weighted by molar-refractivity contribution is 0.189. The highest BCUT2D eigenvalue weighted by atomic mass is 19.1. The quantitative estimate of drug-likeness (QED) is 0.451. The number of aryl methyl sites for hydroxylation is 1. The lowest BCUT2D eigenvalue weighted by atomic mass is 9.99. The third-order valence-electron chi connectivity index (χ3n) is 4.98. The summed E-state index contributed by atoms with van der Waals surface area (Å²) in [5.41, 5.74) is 1.73. The molecule has 0 amide bonds. The number of rotatable bonds is 7. The molecular weight excluding hydrogens is 315 g/mol. The summed E-state index contributed by atoms with van der Waals surface area (Å²) in [5.74, 6) is 1.54. The van der Waals surface area contributed by atoms with Gasteiger partial charge in [0.1, 0.15) is 5.82 Å². The van der Waals surface area contributed by atoms with Crippen LogP contribution in [-0.4, -0.2) is 44.1 Å². The molecule has 0 aliphatic carbocycles. The number of nitrogens with zero attached hydrogens (tertiary/aromatic N) is 2. The second-order valence-corrected chi connectivity index (χ2v) is 7.17. The second kappa shape index (κ2) is 10.4. The van der Waals surface area contributed by atoms with Gasteiger partial charge in [0.2, 0.25) is 0 Å². The number of nitrogens with one attached hydrogen (secondary N) is 2. The highest BCUT2D eigenvalue weighted by Crippen LogP contribution is 2.16. The summed E-state index contributed by atoms with van der Waals surface area (Å²) in [7, 11) is 1.78. The molecule has 0 bridgehead atoms. The van der Waals surface area contributed by atoms with Gasteiger partial charge in [-0.3, -0.25) is 4.99 Å². The van der Waals surface area contributed by atoms with Gasteiger partial charge in [0.15, 0.2) is 5.96 Å². The van der Waals surface area contributed by atoms with E-state index in [0.717, 1.165) is 30.4 Å². The lowest BCUT2D eigenvalue weighted by Crippen LogP contribution is -2.38. The van der Waals surface area contributed by atoms with E-state index in [2.05, 4.69) is 27.4 Å². The average molecular weight is 349 g/mol. The van der Waals surface area contributed by atoms with Crippen molar-refractivity contribution in [3.05, 3.63) is 35.1 Å². The molecule has 1 aliphatic rings. The molecule has 0 aromatic heterocycles. The Morgan fingerprint density at radius 2 is 2.00 bits per heavy atom. The lowest BCUT2D eigenvalue weighted by Gasteiger charge is -2.30. The molecule has 140 valence electrons. The number of piperidine rings is 1. The molecule has 1 aromatic rings. The predicted octanol–water partition coefficient (Wildman–Crippen LogP) is 3.31. The smallest absolute Gasteiger partial charge is 0.191 e. The Bertz CT molecular complexity index is 551. The van der Waals surface area contributed by atoms with Crippen LogP contribution < -0.4 is 10.6 Å². The Morgan fingerprint density at radius 3 is 2.68 bits per heavy atom. The molecule has 1 aliphatic heterocycles. The summed E-state index contributed by atoms with van der Waals surface area (Å²) in [6.07, 6.45) is 5.05. The van der Waals surface area contributed by atoms with Crippen LogP contribution in [0.3, 0.4) is 0 Å². The number of halogens is 1. The van der Waals surface area contributed by atoms with Gasteiger partial charge in [-0.2, -0.15) is 0 Å². The van der Waals surface area contributed by atoms with Gasteiger partial charge >= 0.3 is 0 Å². The predicted molar refractivity (Wildman–Crippen MR) is 103 cm³/mol. The van der Waals surface area contributed by atoms with Crippen molar-refractivity contribution in [2.24, 2.45) is 10.9 Å². The maximum atomic E-state index is 13.3. The highest BCUT2D eigenvalue weighted by molar-refractivity contribution is 5.79. The van der Waals surface area contributed by atoms with Gasteiger partial charge in [0, 0.05) is 20.1 Å². The SMILES string of the molecule is CN=C(NCCCCN1CCC(C)CC1)NCc1ccc(F)c(C)c1. The summed E-state index contributed by atoms with van der Waals surface area (Å²) in [6.45, 7) is 9.43. The van der Waals surface area contributed by atoms with Gasteiger partial charge in [0.05, 0.1) is 0 Å². The van der Waals surface area contributed by atoms with Crippen LogP contribution in [0.25, 0.3) is 0 Å². The Labute approximate surface area is 151 Å². The zero-order chi connectivity index (χ0) is 18.1. The van der Waals surface area contributed by atoms with Crippen molar-refractivity contribution >= 4 is 5.96 Å². The maximum absolute atomic E-state index is 13.3. The van der Waals surface area contributed by atoms with Crippen molar-refractivity contribution in [2.75, 3.05) is 33.2 Å². The van der Waals surface area contributed by atoms with Crippen LogP contribution in [-0.2, 0) is 6.54 Å². The molecule has 1 heterocycles. The summed E-state index contributed by atoms with van der Waals surface area (Å²) in [6, 6.07) is 5.20. The van der Waals surface area contributed by atoms with Crippen LogP contribution >= 0.6 is 0 Å². The van der Waals surface area contributed by atoms with E-state index in [4.69, 9.17) is 0 Å². The Kier molecular flexibility index (Phi) is 8.19. The standard InChI is InChI=1S/C20H33FN4/c1-16-8-12-25(13-9-16)11-5-4-10-23-20(22-3)24-15-18-6-7-19(21)17(2)14-18/h6-7,14,16H,4-5,8-13,15H2,1-3H3,(H2,22,23,24). The van der Waals surface area contributed by atoms with Crippen LogP contribution in [0.15, 0.2) is 23.2 Å². The third-order valence-corrected chi connectivity index (χ3v) is 4.98. The largest absolute Gasteiger partial charge is 0.356 e. The van der Waals surface area contributed by atoms with Crippen molar-refractivity contribution in [1.29, 1.82) is 0 Å². The summed E-state index contributed by atoms with van der Waals surface area (Å²) in [5, 5.41) is 6.64. The van der Waals surface area contributed by atoms with Crippen LogP contribution in [0, 0.1) is 18.7 Å². The monoisotopic (exact) mass is 348 g/mol. The highest BCUT2D eigenvalue weighted by Gasteiger charge is 2.14. The molecule has 2 rings (SSSR count). The van der Waals surface area contributed by atoms with Gasteiger partial charge < -0.3 is 15.5 Å². The Morgan fingerprint density at radius 1 is 1.24 bits per heavy atom. The van der Waals surface area contributed by atoms with Crippen LogP contribution in [0.5, 0.6) is 0 Å². The first-order valence-electron chi connectivity index (χ1n) is 9.50. The second-order valence-electron chi connectivity index (χ2n) is 7.17. The van der Waals surface area contributed by atoms with Crippen LogP contribution in [0.1, 0.15) is 43.7 Å². The molecular formula is C20H33FN4. The molecule has 0 unspecified atom stereocenters. The minimum atomic E-state index is -0.158. The van der Waals surface area contributed by atoms with Crippen molar-refractivity contribution in [2.45, 2.75) is 46.1 Å². The van der Waals surface area contributed by atoms with E-state index >= 15 is 0 Å². The first kappa shape index (κ1) is 19.7. The van der Waals surface area contributed by atoms with E-state index in [1.807, 2.05) is 12.1 Å².